The molecule has 33 heavy (non-hydrogen) atoms. The van der Waals surface area contributed by atoms with Gasteiger partial charge < -0.3 is 4.74 Å². The van der Waals surface area contributed by atoms with Crippen LogP contribution in [0.1, 0.15) is 16.8 Å². The molecule has 10 heteroatoms. The van der Waals surface area contributed by atoms with Crippen LogP contribution in [0.2, 0.25) is 0 Å². The lowest BCUT2D eigenvalue weighted by atomic mass is 10.2. The number of hydrazine groups is 1. The minimum absolute atomic E-state index is 0.0804. The third-order valence-electron chi connectivity index (χ3n) is 4.41. The molecule has 8 nitrogen and oxygen atoms in total. The Hall–Kier alpha value is -3.50. The molecular formula is C23H23N3O5S2. The molecule has 0 saturated carbocycles. The van der Waals surface area contributed by atoms with E-state index >= 15 is 0 Å². The summed E-state index contributed by atoms with van der Waals surface area (Å²) in [5.74, 6) is -0.0708. The predicted molar refractivity (Wildman–Crippen MR) is 128 cm³/mol. The minimum atomic E-state index is -3.97. The first-order valence-electron chi connectivity index (χ1n) is 9.92. The van der Waals surface area contributed by atoms with Crippen molar-refractivity contribution >= 4 is 39.3 Å². The van der Waals surface area contributed by atoms with Gasteiger partial charge in [-0.3, -0.25) is 25.2 Å². The molecule has 3 aromatic rings. The number of hydrogen-bond acceptors (Lipinski definition) is 6. The van der Waals surface area contributed by atoms with Crippen LogP contribution < -0.4 is 20.3 Å². The van der Waals surface area contributed by atoms with Gasteiger partial charge in [-0.05, 0) is 42.5 Å². The molecule has 0 saturated heterocycles. The van der Waals surface area contributed by atoms with E-state index in [0.717, 1.165) is 4.90 Å². The molecule has 3 rings (SSSR count). The highest BCUT2D eigenvalue weighted by Crippen LogP contribution is 2.26. The second kappa shape index (κ2) is 11.4. The van der Waals surface area contributed by atoms with E-state index in [-0.39, 0.29) is 28.5 Å². The maximum absolute atomic E-state index is 12.8. The largest absolute Gasteiger partial charge is 0.495 e. The Kier molecular flexibility index (Phi) is 8.34. The standard InChI is InChI=1S/C23H23N3O5S2/c1-31-21-13-6-5-12-20(21)26-33(29,30)19-11-7-8-17(16-19)23(28)25-24-22(27)14-15-32-18-9-3-2-4-10-18/h2-13,16,26H,14-15H2,1H3,(H,24,27)(H,25,28). The van der Waals surface area contributed by atoms with Gasteiger partial charge in [-0.1, -0.05) is 36.4 Å². The smallest absolute Gasteiger partial charge is 0.269 e. The molecule has 0 aromatic heterocycles. The average Bonchev–Trinajstić information content (AvgIpc) is 2.83. The van der Waals surface area contributed by atoms with Crippen LogP contribution in [0.15, 0.2) is 88.7 Å². The van der Waals surface area contributed by atoms with Crippen LogP contribution in [0.4, 0.5) is 5.69 Å². The van der Waals surface area contributed by atoms with Gasteiger partial charge in [0.15, 0.2) is 0 Å². The van der Waals surface area contributed by atoms with Crippen molar-refractivity contribution in [1.82, 2.24) is 10.9 Å². The van der Waals surface area contributed by atoms with Crippen molar-refractivity contribution in [3.63, 3.8) is 0 Å². The Labute approximate surface area is 196 Å². The number of carbonyl (C=O) groups is 2. The van der Waals surface area contributed by atoms with Crippen molar-refractivity contribution in [2.45, 2.75) is 16.2 Å². The van der Waals surface area contributed by atoms with Crippen LogP contribution >= 0.6 is 11.8 Å². The van der Waals surface area contributed by atoms with E-state index in [1.165, 1.54) is 43.1 Å². The molecule has 172 valence electrons. The van der Waals surface area contributed by atoms with Crippen LogP contribution in [0, 0.1) is 0 Å². The monoisotopic (exact) mass is 485 g/mol. The summed E-state index contributed by atoms with van der Waals surface area (Å²) < 4.78 is 33.2. The van der Waals surface area contributed by atoms with Gasteiger partial charge in [-0.2, -0.15) is 0 Å². The lowest BCUT2D eigenvalue weighted by molar-refractivity contribution is -0.121. The minimum Gasteiger partial charge on any atom is -0.495 e. The summed E-state index contributed by atoms with van der Waals surface area (Å²) >= 11 is 1.53. The number of carbonyl (C=O) groups excluding carboxylic acids is 2. The van der Waals surface area contributed by atoms with Crippen LogP contribution in [0.25, 0.3) is 0 Å². The Bertz CT molecular complexity index is 1220. The zero-order chi connectivity index (χ0) is 23.7. The van der Waals surface area contributed by atoms with E-state index in [2.05, 4.69) is 15.6 Å². The lowest BCUT2D eigenvalue weighted by Gasteiger charge is -2.12. The van der Waals surface area contributed by atoms with Gasteiger partial charge in [-0.25, -0.2) is 8.42 Å². The quantitative estimate of drug-likeness (QED) is 0.316. The maximum atomic E-state index is 12.8. The van der Waals surface area contributed by atoms with Gasteiger partial charge in [0.25, 0.3) is 15.9 Å². The number of sulfonamides is 1. The third-order valence-corrected chi connectivity index (χ3v) is 6.79. The summed E-state index contributed by atoms with van der Waals surface area (Å²) in [5.41, 5.74) is 5.01. The summed E-state index contributed by atoms with van der Waals surface area (Å²) in [6.07, 6.45) is 0.205. The number of rotatable bonds is 9. The van der Waals surface area contributed by atoms with E-state index in [4.69, 9.17) is 4.74 Å². The van der Waals surface area contributed by atoms with Gasteiger partial charge >= 0.3 is 0 Å². The number of ether oxygens (including phenoxy) is 1. The number of nitrogens with one attached hydrogen (secondary N) is 3. The Morgan fingerprint density at radius 3 is 2.39 bits per heavy atom. The first-order valence-corrected chi connectivity index (χ1v) is 12.4. The molecule has 0 aliphatic rings. The van der Waals surface area contributed by atoms with Crippen LogP contribution in [-0.4, -0.2) is 33.1 Å². The summed E-state index contributed by atoms with van der Waals surface area (Å²) in [6.45, 7) is 0. The average molecular weight is 486 g/mol. The van der Waals surface area contributed by atoms with Gasteiger partial charge in [0.05, 0.1) is 17.7 Å². The van der Waals surface area contributed by atoms with Gasteiger partial charge in [0.2, 0.25) is 5.91 Å². The fourth-order valence-electron chi connectivity index (χ4n) is 2.78. The second-order valence-corrected chi connectivity index (χ2v) is 9.60. The Morgan fingerprint density at radius 1 is 0.909 bits per heavy atom. The molecule has 3 N–H and O–H groups in total. The highest BCUT2D eigenvalue weighted by atomic mass is 32.2. The van der Waals surface area contributed by atoms with Crippen molar-refractivity contribution in [2.75, 3.05) is 17.6 Å². The summed E-state index contributed by atoms with van der Waals surface area (Å²) in [7, 11) is -2.53. The highest BCUT2D eigenvalue weighted by molar-refractivity contribution is 7.99. The van der Waals surface area contributed by atoms with Crippen molar-refractivity contribution in [1.29, 1.82) is 0 Å². The molecule has 0 aliphatic carbocycles. The first-order chi connectivity index (χ1) is 15.9. The number of para-hydroxylation sites is 2. The van der Waals surface area contributed by atoms with Gasteiger partial charge in [0.1, 0.15) is 5.75 Å². The zero-order valence-corrected chi connectivity index (χ0v) is 19.4. The molecule has 3 aromatic carbocycles. The molecule has 0 spiro atoms. The Morgan fingerprint density at radius 2 is 1.64 bits per heavy atom. The molecule has 0 radical (unpaired) electrons. The fourth-order valence-corrected chi connectivity index (χ4v) is 4.77. The van der Waals surface area contributed by atoms with E-state index in [9.17, 15) is 18.0 Å². The first kappa shape index (κ1) is 24.1. The third kappa shape index (κ3) is 6.99. The number of anilines is 1. The number of thioether (sulfide) groups is 1. The fraction of sp³-hybridized carbons (Fsp3) is 0.130. The number of benzene rings is 3. The molecule has 0 aliphatic heterocycles. The van der Waals surface area contributed by atoms with Crippen LogP contribution in [0.5, 0.6) is 5.75 Å². The van der Waals surface area contributed by atoms with Crippen LogP contribution in [0.3, 0.4) is 0 Å². The van der Waals surface area contributed by atoms with E-state index in [1.54, 1.807) is 24.3 Å². The van der Waals surface area contributed by atoms with Crippen molar-refractivity contribution < 1.29 is 22.7 Å². The predicted octanol–water partition coefficient (Wildman–Crippen LogP) is 3.44. The number of hydrogen-bond donors (Lipinski definition) is 3. The molecule has 0 bridgehead atoms. The second-order valence-electron chi connectivity index (χ2n) is 6.75. The Balaban J connectivity index is 1.57. The SMILES string of the molecule is COc1ccccc1NS(=O)(=O)c1cccc(C(=O)NNC(=O)CCSc2ccccc2)c1. The van der Waals surface area contributed by atoms with E-state index < -0.39 is 15.9 Å². The van der Waals surface area contributed by atoms with Crippen molar-refractivity contribution in [2.24, 2.45) is 0 Å². The van der Waals surface area contributed by atoms with Crippen molar-refractivity contribution in [3.05, 3.63) is 84.4 Å². The van der Waals surface area contributed by atoms with E-state index in [1.807, 2.05) is 30.3 Å². The summed E-state index contributed by atoms with van der Waals surface area (Å²) in [5, 5.41) is 0. The topological polar surface area (TPSA) is 114 Å². The molecule has 0 fully saturated rings. The normalized spacial score (nSPS) is 10.8. The molecule has 0 heterocycles. The molecule has 0 atom stereocenters. The maximum Gasteiger partial charge on any atom is 0.269 e. The lowest BCUT2D eigenvalue weighted by Crippen LogP contribution is -2.41. The summed E-state index contributed by atoms with van der Waals surface area (Å²) in [4.78, 5) is 25.4. The molecule has 0 unspecified atom stereocenters. The van der Waals surface area contributed by atoms with Gasteiger partial charge in [0, 0.05) is 22.6 Å². The van der Waals surface area contributed by atoms with Crippen molar-refractivity contribution in [3.8, 4) is 5.75 Å². The number of amides is 2. The van der Waals surface area contributed by atoms with Gasteiger partial charge in [-0.15, -0.1) is 11.8 Å². The van der Waals surface area contributed by atoms with Crippen LogP contribution in [-0.2, 0) is 14.8 Å². The summed E-state index contributed by atoms with van der Waals surface area (Å²) in [6, 6.07) is 21.7. The molecule has 2 amide bonds. The number of methoxy groups -OCH3 is 1. The molecular weight excluding hydrogens is 462 g/mol. The zero-order valence-electron chi connectivity index (χ0n) is 17.8. The highest BCUT2D eigenvalue weighted by Gasteiger charge is 2.18. The van der Waals surface area contributed by atoms with E-state index in [0.29, 0.717) is 11.5 Å².